The SMILES string of the molecule is CCc1ccc(CNC(=NC)NCc2c(C)nn(CCOC)c2C)s1. The Balaban J connectivity index is 1.91. The van der Waals surface area contributed by atoms with Crippen LogP contribution in [0, 0.1) is 13.8 Å². The minimum Gasteiger partial charge on any atom is -0.383 e. The Kier molecular flexibility index (Phi) is 7.46. The fraction of sp³-hybridized carbons (Fsp3) is 0.556. The van der Waals surface area contributed by atoms with Crippen LogP contribution >= 0.6 is 11.3 Å². The lowest BCUT2D eigenvalue weighted by Crippen LogP contribution is -2.36. The van der Waals surface area contributed by atoms with Gasteiger partial charge in [0.05, 0.1) is 25.4 Å². The van der Waals surface area contributed by atoms with Gasteiger partial charge in [-0.05, 0) is 32.4 Å². The van der Waals surface area contributed by atoms with E-state index in [9.17, 15) is 0 Å². The zero-order valence-corrected chi connectivity index (χ0v) is 16.7. The maximum atomic E-state index is 5.14. The molecule has 6 nitrogen and oxygen atoms in total. The van der Waals surface area contributed by atoms with Crippen molar-refractivity contribution in [1.29, 1.82) is 0 Å². The summed E-state index contributed by atoms with van der Waals surface area (Å²) in [5.74, 6) is 0.801. The monoisotopic (exact) mass is 363 g/mol. The topological polar surface area (TPSA) is 63.5 Å². The summed E-state index contributed by atoms with van der Waals surface area (Å²) in [6.07, 6.45) is 1.09. The van der Waals surface area contributed by atoms with Gasteiger partial charge in [0.25, 0.3) is 0 Å². The van der Waals surface area contributed by atoms with Gasteiger partial charge in [-0.3, -0.25) is 9.67 Å². The molecule has 25 heavy (non-hydrogen) atoms. The van der Waals surface area contributed by atoms with Gasteiger partial charge in [0.1, 0.15) is 0 Å². The van der Waals surface area contributed by atoms with E-state index in [0.29, 0.717) is 13.2 Å². The Morgan fingerprint density at radius 3 is 2.60 bits per heavy atom. The standard InChI is InChI=1S/C18H29N5OS/c1-6-15-7-8-16(25-15)11-20-18(19-4)21-12-17-13(2)22-23(14(17)3)9-10-24-5/h7-8H,6,9-12H2,1-5H3,(H2,19,20,21). The van der Waals surface area contributed by atoms with Crippen LogP contribution in [-0.4, -0.2) is 36.5 Å². The summed E-state index contributed by atoms with van der Waals surface area (Å²) in [5.41, 5.74) is 3.43. The Labute approximate surface area is 154 Å². The van der Waals surface area contributed by atoms with Crippen molar-refractivity contribution in [2.45, 2.75) is 46.8 Å². The lowest BCUT2D eigenvalue weighted by Gasteiger charge is -2.12. The van der Waals surface area contributed by atoms with Gasteiger partial charge in [-0.1, -0.05) is 6.92 Å². The zero-order valence-electron chi connectivity index (χ0n) is 15.8. The first kappa shape index (κ1) is 19.5. The number of guanidine groups is 1. The highest BCUT2D eigenvalue weighted by Gasteiger charge is 2.12. The van der Waals surface area contributed by atoms with Crippen LogP contribution in [0.25, 0.3) is 0 Å². The molecule has 2 rings (SSSR count). The predicted molar refractivity (Wildman–Crippen MR) is 104 cm³/mol. The van der Waals surface area contributed by atoms with Crippen LogP contribution in [-0.2, 0) is 30.8 Å². The molecule has 0 atom stereocenters. The summed E-state index contributed by atoms with van der Waals surface area (Å²) in [6.45, 7) is 9.25. The first-order valence-electron chi connectivity index (χ1n) is 8.62. The van der Waals surface area contributed by atoms with Gasteiger partial charge in [0.2, 0.25) is 0 Å². The molecule has 0 bridgehead atoms. The Bertz CT molecular complexity index is 704. The van der Waals surface area contributed by atoms with Crippen molar-refractivity contribution < 1.29 is 4.74 Å². The van der Waals surface area contributed by atoms with Gasteiger partial charge in [0.15, 0.2) is 5.96 Å². The van der Waals surface area contributed by atoms with Gasteiger partial charge >= 0.3 is 0 Å². The minimum atomic E-state index is 0.665. The number of aryl methyl sites for hydroxylation is 2. The number of ether oxygens (including phenoxy) is 1. The fourth-order valence-corrected chi connectivity index (χ4v) is 3.55. The zero-order chi connectivity index (χ0) is 18.2. The number of methoxy groups -OCH3 is 1. The van der Waals surface area contributed by atoms with E-state index in [1.54, 1.807) is 14.2 Å². The van der Waals surface area contributed by atoms with E-state index in [4.69, 9.17) is 4.74 Å². The molecule has 2 aromatic heterocycles. The molecule has 0 aliphatic carbocycles. The number of thiophene rings is 1. The number of aliphatic imine (C=N–C) groups is 1. The summed E-state index contributed by atoms with van der Waals surface area (Å²) in [4.78, 5) is 7.04. The number of rotatable bonds is 8. The van der Waals surface area contributed by atoms with Crippen molar-refractivity contribution in [3.8, 4) is 0 Å². The van der Waals surface area contributed by atoms with E-state index >= 15 is 0 Å². The molecule has 138 valence electrons. The summed E-state index contributed by atoms with van der Waals surface area (Å²) in [7, 11) is 3.50. The van der Waals surface area contributed by atoms with E-state index in [1.165, 1.54) is 21.0 Å². The summed E-state index contributed by atoms with van der Waals surface area (Å²) in [6, 6.07) is 4.37. The average Bonchev–Trinajstić information content (AvgIpc) is 3.18. The molecular weight excluding hydrogens is 334 g/mol. The number of hydrogen-bond donors (Lipinski definition) is 2. The Hall–Kier alpha value is -1.86. The maximum absolute atomic E-state index is 5.14. The molecule has 0 saturated heterocycles. The van der Waals surface area contributed by atoms with Crippen LogP contribution in [0.1, 0.15) is 33.6 Å². The number of hydrogen-bond acceptors (Lipinski definition) is 4. The third kappa shape index (κ3) is 5.31. The molecule has 0 aliphatic heterocycles. The third-order valence-electron chi connectivity index (χ3n) is 4.19. The fourth-order valence-electron chi connectivity index (χ4n) is 2.66. The minimum absolute atomic E-state index is 0.665. The second-order valence-corrected chi connectivity index (χ2v) is 7.12. The molecule has 0 aliphatic rings. The van der Waals surface area contributed by atoms with Gasteiger partial charge in [-0.25, -0.2) is 0 Å². The van der Waals surface area contributed by atoms with Crippen molar-refractivity contribution in [3.05, 3.63) is 38.8 Å². The summed E-state index contributed by atoms with van der Waals surface area (Å²) in [5, 5.41) is 11.4. The molecule has 0 aromatic carbocycles. The van der Waals surface area contributed by atoms with Gasteiger partial charge in [-0.15, -0.1) is 11.3 Å². The van der Waals surface area contributed by atoms with E-state index in [0.717, 1.165) is 31.2 Å². The first-order chi connectivity index (χ1) is 12.1. The molecule has 0 spiro atoms. The third-order valence-corrected chi connectivity index (χ3v) is 5.42. The molecular formula is C18H29N5OS. The van der Waals surface area contributed by atoms with E-state index < -0.39 is 0 Å². The predicted octanol–water partition coefficient (Wildman–Crippen LogP) is 2.64. The molecule has 2 N–H and O–H groups in total. The average molecular weight is 364 g/mol. The quantitative estimate of drug-likeness (QED) is 0.559. The van der Waals surface area contributed by atoms with E-state index in [2.05, 4.69) is 46.7 Å². The van der Waals surface area contributed by atoms with E-state index in [1.807, 2.05) is 22.9 Å². The van der Waals surface area contributed by atoms with Crippen molar-refractivity contribution in [3.63, 3.8) is 0 Å². The highest BCUT2D eigenvalue weighted by molar-refractivity contribution is 7.11. The van der Waals surface area contributed by atoms with Crippen molar-refractivity contribution >= 4 is 17.3 Å². The lowest BCUT2D eigenvalue weighted by molar-refractivity contribution is 0.182. The Morgan fingerprint density at radius 2 is 1.96 bits per heavy atom. The van der Waals surface area contributed by atoms with Gasteiger partial charge < -0.3 is 15.4 Å². The largest absolute Gasteiger partial charge is 0.383 e. The number of nitrogens with one attached hydrogen (secondary N) is 2. The molecule has 0 unspecified atom stereocenters. The smallest absolute Gasteiger partial charge is 0.191 e. The van der Waals surface area contributed by atoms with Crippen LogP contribution < -0.4 is 10.6 Å². The van der Waals surface area contributed by atoms with Crippen molar-refractivity contribution in [1.82, 2.24) is 20.4 Å². The maximum Gasteiger partial charge on any atom is 0.191 e. The van der Waals surface area contributed by atoms with Crippen LogP contribution in [0.15, 0.2) is 17.1 Å². The molecule has 0 fully saturated rings. The molecule has 0 amide bonds. The first-order valence-corrected chi connectivity index (χ1v) is 9.44. The Morgan fingerprint density at radius 1 is 1.24 bits per heavy atom. The molecule has 2 aromatic rings. The van der Waals surface area contributed by atoms with Crippen LogP contribution in [0.4, 0.5) is 0 Å². The molecule has 0 saturated carbocycles. The second-order valence-electron chi connectivity index (χ2n) is 5.87. The van der Waals surface area contributed by atoms with Crippen LogP contribution in [0.2, 0.25) is 0 Å². The van der Waals surface area contributed by atoms with E-state index in [-0.39, 0.29) is 0 Å². The summed E-state index contributed by atoms with van der Waals surface area (Å²) < 4.78 is 7.15. The van der Waals surface area contributed by atoms with Crippen molar-refractivity contribution in [2.75, 3.05) is 20.8 Å². The molecule has 7 heteroatoms. The molecule has 2 heterocycles. The summed E-state index contributed by atoms with van der Waals surface area (Å²) >= 11 is 1.85. The van der Waals surface area contributed by atoms with Crippen LogP contribution in [0.5, 0.6) is 0 Å². The highest BCUT2D eigenvalue weighted by Crippen LogP contribution is 2.16. The normalized spacial score (nSPS) is 11.8. The highest BCUT2D eigenvalue weighted by atomic mass is 32.1. The van der Waals surface area contributed by atoms with Crippen molar-refractivity contribution in [2.24, 2.45) is 4.99 Å². The second kappa shape index (κ2) is 9.58. The van der Waals surface area contributed by atoms with Gasteiger partial charge in [0, 0.05) is 41.7 Å². The van der Waals surface area contributed by atoms with Gasteiger partial charge in [-0.2, -0.15) is 5.10 Å². The lowest BCUT2D eigenvalue weighted by atomic mass is 10.2. The number of nitrogens with zero attached hydrogens (tertiary/aromatic N) is 3. The molecule has 0 radical (unpaired) electrons. The van der Waals surface area contributed by atoms with Crippen LogP contribution in [0.3, 0.4) is 0 Å². The number of aromatic nitrogens is 2.